The minimum Gasteiger partial charge on any atom is -0.337 e. The number of aromatic nitrogens is 2. The van der Waals surface area contributed by atoms with Crippen LogP contribution in [0.25, 0.3) is 0 Å². The summed E-state index contributed by atoms with van der Waals surface area (Å²) in [7, 11) is 0. The zero-order valence-electron chi connectivity index (χ0n) is 14.2. The zero-order valence-corrected chi connectivity index (χ0v) is 14.2. The SMILES string of the molecule is CC1(c2ccc(F)cc2)NC(=O)N(Cc2nc(C3(N)CCC3)no2)C1=O. The van der Waals surface area contributed by atoms with Crippen molar-refractivity contribution < 1.29 is 18.5 Å². The number of halogens is 1. The predicted molar refractivity (Wildman–Crippen MR) is 86.8 cm³/mol. The Morgan fingerprint density at radius 2 is 2.00 bits per heavy atom. The minimum absolute atomic E-state index is 0.142. The van der Waals surface area contributed by atoms with Crippen LogP contribution in [0.2, 0.25) is 0 Å². The molecule has 26 heavy (non-hydrogen) atoms. The summed E-state index contributed by atoms with van der Waals surface area (Å²) in [5.74, 6) is -0.355. The normalized spacial score (nSPS) is 24.5. The van der Waals surface area contributed by atoms with E-state index in [1.54, 1.807) is 6.92 Å². The van der Waals surface area contributed by atoms with E-state index in [0.29, 0.717) is 11.4 Å². The molecule has 2 fully saturated rings. The van der Waals surface area contributed by atoms with E-state index in [-0.39, 0.29) is 12.4 Å². The summed E-state index contributed by atoms with van der Waals surface area (Å²) in [4.78, 5) is 30.4. The first kappa shape index (κ1) is 16.6. The van der Waals surface area contributed by atoms with Crippen molar-refractivity contribution in [3.8, 4) is 0 Å². The van der Waals surface area contributed by atoms with Gasteiger partial charge in [-0.25, -0.2) is 9.18 Å². The Balaban J connectivity index is 1.55. The number of hydrogen-bond acceptors (Lipinski definition) is 6. The Kier molecular flexibility index (Phi) is 3.58. The number of amides is 3. The van der Waals surface area contributed by atoms with Crippen LogP contribution in [0.3, 0.4) is 0 Å². The van der Waals surface area contributed by atoms with Crippen molar-refractivity contribution in [1.82, 2.24) is 20.4 Å². The van der Waals surface area contributed by atoms with Gasteiger partial charge in [0.2, 0.25) is 5.89 Å². The Hall–Kier alpha value is -2.81. The van der Waals surface area contributed by atoms with Crippen LogP contribution >= 0.6 is 0 Å². The van der Waals surface area contributed by atoms with Crippen LogP contribution in [0.1, 0.15) is 43.5 Å². The molecule has 1 aliphatic carbocycles. The number of rotatable bonds is 4. The van der Waals surface area contributed by atoms with Gasteiger partial charge in [0, 0.05) is 0 Å². The van der Waals surface area contributed by atoms with E-state index in [0.717, 1.165) is 24.2 Å². The first-order valence-corrected chi connectivity index (χ1v) is 8.34. The minimum atomic E-state index is -1.28. The fraction of sp³-hybridized carbons (Fsp3) is 0.412. The third-order valence-electron chi connectivity index (χ3n) is 5.15. The van der Waals surface area contributed by atoms with Gasteiger partial charge < -0.3 is 15.6 Å². The van der Waals surface area contributed by atoms with E-state index in [2.05, 4.69) is 15.5 Å². The molecule has 1 atom stereocenters. The van der Waals surface area contributed by atoms with Crippen LogP contribution < -0.4 is 11.1 Å². The topological polar surface area (TPSA) is 114 Å². The lowest BCUT2D eigenvalue weighted by Crippen LogP contribution is -2.44. The number of urea groups is 1. The maximum Gasteiger partial charge on any atom is 0.325 e. The lowest BCUT2D eigenvalue weighted by Gasteiger charge is -2.34. The summed E-state index contributed by atoms with van der Waals surface area (Å²) < 4.78 is 18.3. The molecule has 0 spiro atoms. The standard InChI is InChI=1S/C17H18FN5O3/c1-16(10-3-5-11(18)6-4-10)14(24)23(15(25)21-16)9-12-20-13(22-26-12)17(19)7-2-8-17/h3-6H,2,7-9,19H2,1H3,(H,21,25). The molecule has 0 radical (unpaired) electrons. The molecule has 136 valence electrons. The number of imide groups is 1. The molecule has 0 bridgehead atoms. The quantitative estimate of drug-likeness (QED) is 0.800. The molecule has 1 aliphatic heterocycles. The molecule has 1 aromatic heterocycles. The van der Waals surface area contributed by atoms with Crippen LogP contribution in [-0.4, -0.2) is 27.0 Å². The van der Waals surface area contributed by atoms with Crippen LogP contribution in [0.5, 0.6) is 0 Å². The van der Waals surface area contributed by atoms with Crippen LogP contribution in [0, 0.1) is 5.82 Å². The average Bonchev–Trinajstić information content (AvgIpc) is 3.13. The zero-order chi connectivity index (χ0) is 18.5. The number of hydrogen-bond donors (Lipinski definition) is 2. The summed E-state index contributed by atoms with van der Waals surface area (Å²) in [6.45, 7) is 1.42. The van der Waals surface area contributed by atoms with Gasteiger partial charge in [-0.15, -0.1) is 0 Å². The highest BCUT2D eigenvalue weighted by molar-refractivity contribution is 6.07. The summed E-state index contributed by atoms with van der Waals surface area (Å²) >= 11 is 0. The number of nitrogens with zero attached hydrogens (tertiary/aromatic N) is 3. The largest absolute Gasteiger partial charge is 0.337 e. The Bertz CT molecular complexity index is 877. The Labute approximate surface area is 148 Å². The van der Waals surface area contributed by atoms with Crippen molar-refractivity contribution in [2.45, 2.75) is 43.8 Å². The monoisotopic (exact) mass is 359 g/mol. The number of carbonyl (C=O) groups excluding carboxylic acids is 2. The maximum atomic E-state index is 13.1. The second kappa shape index (κ2) is 5.60. The summed E-state index contributed by atoms with van der Waals surface area (Å²) in [6, 6.07) is 4.85. The van der Waals surface area contributed by atoms with Crippen molar-refractivity contribution >= 4 is 11.9 Å². The summed E-state index contributed by atoms with van der Waals surface area (Å²) in [6.07, 6.45) is 2.55. The van der Waals surface area contributed by atoms with E-state index in [4.69, 9.17) is 10.3 Å². The van der Waals surface area contributed by atoms with Crippen LogP contribution in [0.4, 0.5) is 9.18 Å². The molecule has 3 amide bonds. The van der Waals surface area contributed by atoms with Gasteiger partial charge >= 0.3 is 6.03 Å². The van der Waals surface area contributed by atoms with E-state index in [1.165, 1.54) is 24.3 Å². The van der Waals surface area contributed by atoms with E-state index >= 15 is 0 Å². The fourth-order valence-corrected chi connectivity index (χ4v) is 3.26. The molecule has 2 aliphatic rings. The molecular weight excluding hydrogens is 341 g/mol. The van der Waals surface area contributed by atoms with E-state index in [1.807, 2.05) is 0 Å². The first-order chi connectivity index (χ1) is 12.3. The van der Waals surface area contributed by atoms with Gasteiger partial charge in [-0.1, -0.05) is 17.3 Å². The van der Waals surface area contributed by atoms with Crippen molar-refractivity contribution in [1.29, 1.82) is 0 Å². The molecule has 2 heterocycles. The van der Waals surface area contributed by atoms with Gasteiger partial charge in [0.1, 0.15) is 17.9 Å². The number of nitrogens with two attached hydrogens (primary N) is 1. The van der Waals surface area contributed by atoms with Crippen molar-refractivity contribution in [2.75, 3.05) is 0 Å². The number of nitrogens with one attached hydrogen (secondary N) is 1. The first-order valence-electron chi connectivity index (χ1n) is 8.34. The predicted octanol–water partition coefficient (Wildman–Crippen LogP) is 1.51. The molecule has 1 saturated heterocycles. The van der Waals surface area contributed by atoms with Gasteiger partial charge in [0.15, 0.2) is 5.82 Å². The molecule has 9 heteroatoms. The lowest BCUT2D eigenvalue weighted by molar-refractivity contribution is -0.131. The molecule has 1 aromatic carbocycles. The smallest absolute Gasteiger partial charge is 0.325 e. The van der Waals surface area contributed by atoms with E-state index < -0.39 is 28.8 Å². The van der Waals surface area contributed by atoms with Gasteiger partial charge in [0.05, 0.1) is 5.54 Å². The van der Waals surface area contributed by atoms with Gasteiger partial charge in [-0.05, 0) is 43.9 Å². The van der Waals surface area contributed by atoms with E-state index in [9.17, 15) is 14.0 Å². The molecule has 2 aromatic rings. The van der Waals surface area contributed by atoms with Gasteiger partial charge in [-0.2, -0.15) is 4.98 Å². The molecule has 1 unspecified atom stereocenters. The highest BCUT2D eigenvalue weighted by Gasteiger charge is 2.49. The van der Waals surface area contributed by atoms with Gasteiger partial charge in [-0.3, -0.25) is 9.69 Å². The summed E-state index contributed by atoms with van der Waals surface area (Å²) in [5.41, 5.74) is 4.78. The molecule has 8 nitrogen and oxygen atoms in total. The maximum absolute atomic E-state index is 13.1. The van der Waals surface area contributed by atoms with Crippen LogP contribution in [-0.2, 0) is 22.4 Å². The highest BCUT2D eigenvalue weighted by Crippen LogP contribution is 2.37. The average molecular weight is 359 g/mol. The third kappa shape index (κ3) is 2.47. The van der Waals surface area contributed by atoms with Crippen molar-refractivity contribution in [3.63, 3.8) is 0 Å². The molecular formula is C17H18FN5O3. The molecule has 3 N–H and O–H groups in total. The lowest BCUT2D eigenvalue weighted by atomic mass is 9.77. The number of benzene rings is 1. The Morgan fingerprint density at radius 1 is 1.31 bits per heavy atom. The Morgan fingerprint density at radius 3 is 2.62 bits per heavy atom. The fourth-order valence-electron chi connectivity index (χ4n) is 3.26. The number of carbonyl (C=O) groups is 2. The highest BCUT2D eigenvalue weighted by atomic mass is 19.1. The summed E-state index contributed by atoms with van der Waals surface area (Å²) in [5, 5.41) is 6.53. The van der Waals surface area contributed by atoms with Crippen molar-refractivity contribution in [2.24, 2.45) is 5.73 Å². The second-order valence-electron chi connectivity index (χ2n) is 6.97. The van der Waals surface area contributed by atoms with Crippen LogP contribution in [0.15, 0.2) is 28.8 Å². The third-order valence-corrected chi connectivity index (χ3v) is 5.15. The molecule has 1 saturated carbocycles. The van der Waals surface area contributed by atoms with Crippen molar-refractivity contribution in [3.05, 3.63) is 47.4 Å². The second-order valence-corrected chi connectivity index (χ2v) is 6.97. The molecule has 4 rings (SSSR count). The van der Waals surface area contributed by atoms with Gasteiger partial charge in [0.25, 0.3) is 5.91 Å².